The molecule has 3 N–H and O–H groups in total. The quantitative estimate of drug-likeness (QED) is 0.889. The van der Waals surface area contributed by atoms with Gasteiger partial charge in [-0.2, -0.15) is 0 Å². The van der Waals surface area contributed by atoms with E-state index in [0.717, 1.165) is 15.9 Å². The van der Waals surface area contributed by atoms with E-state index in [1.54, 1.807) is 6.20 Å². The van der Waals surface area contributed by atoms with Crippen molar-refractivity contribution < 1.29 is 0 Å². The highest BCUT2D eigenvalue weighted by Gasteiger charge is 2.23. The molecule has 1 atom stereocenters. The van der Waals surface area contributed by atoms with Gasteiger partial charge in [0.1, 0.15) is 5.82 Å². The Kier molecular flexibility index (Phi) is 3.73. The van der Waals surface area contributed by atoms with Crippen LogP contribution >= 0.6 is 15.9 Å². The molecule has 0 aliphatic heterocycles. The van der Waals surface area contributed by atoms with E-state index in [0.29, 0.717) is 0 Å². The van der Waals surface area contributed by atoms with Crippen LogP contribution in [0.25, 0.3) is 0 Å². The summed E-state index contributed by atoms with van der Waals surface area (Å²) in [5, 5.41) is 3.34. The lowest BCUT2D eigenvalue weighted by atomic mass is 9.97. The molecule has 0 aliphatic rings. The van der Waals surface area contributed by atoms with Gasteiger partial charge in [0.05, 0.1) is 4.47 Å². The van der Waals surface area contributed by atoms with Crippen molar-refractivity contribution >= 4 is 21.7 Å². The molecular weight excluding hydrogens is 254 g/mol. The highest BCUT2D eigenvalue weighted by molar-refractivity contribution is 9.10. The maximum atomic E-state index is 5.90. The van der Waals surface area contributed by atoms with Gasteiger partial charge >= 0.3 is 0 Å². The Morgan fingerprint density at radius 2 is 2.13 bits per heavy atom. The van der Waals surface area contributed by atoms with E-state index >= 15 is 0 Å². The molecule has 0 bridgehead atoms. The lowest BCUT2D eigenvalue weighted by Crippen LogP contribution is -2.47. The zero-order chi connectivity index (χ0) is 11.6. The number of hydrogen-bond donors (Lipinski definition) is 2. The third kappa shape index (κ3) is 2.92. The van der Waals surface area contributed by atoms with E-state index in [2.05, 4.69) is 40.1 Å². The maximum Gasteiger partial charge on any atom is 0.141 e. The van der Waals surface area contributed by atoms with Crippen molar-refractivity contribution in [1.29, 1.82) is 0 Å². The number of nitrogens with zero attached hydrogens (tertiary/aromatic N) is 1. The van der Waals surface area contributed by atoms with Crippen LogP contribution in [-0.4, -0.2) is 16.6 Å². The van der Waals surface area contributed by atoms with Gasteiger partial charge in [-0.05, 0) is 55.3 Å². The first-order valence-electron chi connectivity index (χ1n) is 4.99. The van der Waals surface area contributed by atoms with E-state index in [-0.39, 0.29) is 11.6 Å². The average Bonchev–Trinajstić information content (AvgIpc) is 2.12. The molecule has 1 unspecified atom stereocenters. The fourth-order valence-electron chi connectivity index (χ4n) is 1.05. The molecular formula is C11H18BrN3. The Balaban J connectivity index is 2.95. The summed E-state index contributed by atoms with van der Waals surface area (Å²) in [6.45, 7) is 8.15. The maximum absolute atomic E-state index is 5.90. The second-order valence-electron chi connectivity index (χ2n) is 4.43. The van der Waals surface area contributed by atoms with E-state index < -0.39 is 0 Å². The van der Waals surface area contributed by atoms with Crippen LogP contribution in [0.5, 0.6) is 0 Å². The number of hydrogen-bond acceptors (Lipinski definition) is 3. The number of aromatic nitrogens is 1. The number of aryl methyl sites for hydroxylation is 1. The summed E-state index contributed by atoms with van der Waals surface area (Å²) in [6, 6.07) is 2.01. The Morgan fingerprint density at radius 3 is 2.67 bits per heavy atom. The summed E-state index contributed by atoms with van der Waals surface area (Å²) in [5.41, 5.74) is 6.88. The standard InChI is InChI=1S/C11H18BrN3/c1-7-5-6-14-10(9(7)12)15-11(3,4)8(2)13/h5-6,8H,13H2,1-4H3,(H,14,15). The number of nitrogens with two attached hydrogens (primary N) is 1. The molecule has 0 fully saturated rings. The molecule has 0 amide bonds. The topological polar surface area (TPSA) is 50.9 Å². The zero-order valence-electron chi connectivity index (χ0n) is 9.63. The summed E-state index contributed by atoms with van der Waals surface area (Å²) in [5.74, 6) is 0.845. The third-order valence-electron chi connectivity index (χ3n) is 2.66. The zero-order valence-corrected chi connectivity index (χ0v) is 11.2. The molecule has 1 heterocycles. The number of nitrogens with one attached hydrogen (secondary N) is 1. The Bertz CT molecular complexity index is 348. The van der Waals surface area contributed by atoms with E-state index in [4.69, 9.17) is 5.73 Å². The highest BCUT2D eigenvalue weighted by Crippen LogP contribution is 2.26. The Morgan fingerprint density at radius 1 is 1.53 bits per heavy atom. The molecule has 0 saturated heterocycles. The van der Waals surface area contributed by atoms with Gasteiger partial charge in [0.2, 0.25) is 0 Å². The Labute approximate surface area is 99.6 Å². The molecule has 84 valence electrons. The van der Waals surface area contributed by atoms with Crippen LogP contribution in [0.2, 0.25) is 0 Å². The number of rotatable bonds is 3. The van der Waals surface area contributed by atoms with Crippen LogP contribution < -0.4 is 11.1 Å². The fraction of sp³-hybridized carbons (Fsp3) is 0.545. The van der Waals surface area contributed by atoms with Crippen molar-refractivity contribution in [3.63, 3.8) is 0 Å². The molecule has 15 heavy (non-hydrogen) atoms. The molecule has 0 aliphatic carbocycles. The monoisotopic (exact) mass is 271 g/mol. The van der Waals surface area contributed by atoms with Gasteiger partial charge in [-0.3, -0.25) is 0 Å². The molecule has 0 spiro atoms. The summed E-state index contributed by atoms with van der Waals surface area (Å²) in [7, 11) is 0. The summed E-state index contributed by atoms with van der Waals surface area (Å²) < 4.78 is 0.999. The van der Waals surface area contributed by atoms with Crippen LogP contribution in [0.1, 0.15) is 26.3 Å². The minimum absolute atomic E-state index is 0.0479. The first-order chi connectivity index (χ1) is 6.84. The van der Waals surface area contributed by atoms with E-state index in [1.165, 1.54) is 0 Å². The van der Waals surface area contributed by atoms with Crippen molar-refractivity contribution in [3.05, 3.63) is 22.3 Å². The molecule has 0 aromatic carbocycles. The van der Waals surface area contributed by atoms with Gasteiger partial charge in [-0.1, -0.05) is 0 Å². The van der Waals surface area contributed by atoms with Crippen molar-refractivity contribution in [1.82, 2.24) is 4.98 Å². The predicted molar refractivity (Wildman–Crippen MR) is 68.0 cm³/mol. The molecule has 3 nitrogen and oxygen atoms in total. The molecule has 1 rings (SSSR count). The molecule has 0 saturated carbocycles. The smallest absolute Gasteiger partial charge is 0.141 e. The Hall–Kier alpha value is -0.610. The second-order valence-corrected chi connectivity index (χ2v) is 5.22. The SMILES string of the molecule is Cc1ccnc(NC(C)(C)C(C)N)c1Br. The van der Waals surface area contributed by atoms with Crippen molar-refractivity contribution in [2.45, 2.75) is 39.3 Å². The van der Waals surface area contributed by atoms with Crippen LogP contribution in [-0.2, 0) is 0 Å². The van der Waals surface area contributed by atoms with Gasteiger partial charge in [0, 0.05) is 17.8 Å². The second kappa shape index (κ2) is 4.49. The van der Waals surface area contributed by atoms with E-state index in [1.807, 2.05) is 19.9 Å². The number of halogens is 1. The van der Waals surface area contributed by atoms with Gasteiger partial charge < -0.3 is 11.1 Å². The first-order valence-corrected chi connectivity index (χ1v) is 5.79. The van der Waals surface area contributed by atoms with Crippen molar-refractivity contribution in [2.75, 3.05) is 5.32 Å². The van der Waals surface area contributed by atoms with Gasteiger partial charge in [0.15, 0.2) is 0 Å². The van der Waals surface area contributed by atoms with Crippen LogP contribution in [0.4, 0.5) is 5.82 Å². The van der Waals surface area contributed by atoms with Gasteiger partial charge in [-0.25, -0.2) is 4.98 Å². The number of anilines is 1. The van der Waals surface area contributed by atoms with Crippen LogP contribution in [0.15, 0.2) is 16.7 Å². The van der Waals surface area contributed by atoms with Crippen LogP contribution in [0.3, 0.4) is 0 Å². The predicted octanol–water partition coefficient (Wildman–Crippen LogP) is 2.69. The molecule has 1 aromatic rings. The lowest BCUT2D eigenvalue weighted by molar-refractivity contribution is 0.469. The fourth-order valence-corrected chi connectivity index (χ4v) is 1.38. The minimum Gasteiger partial charge on any atom is -0.363 e. The first kappa shape index (κ1) is 12.5. The normalized spacial score (nSPS) is 13.7. The summed E-state index contributed by atoms with van der Waals surface area (Å²) in [6.07, 6.45) is 1.79. The highest BCUT2D eigenvalue weighted by atomic mass is 79.9. The third-order valence-corrected chi connectivity index (χ3v) is 3.66. The molecule has 1 aromatic heterocycles. The minimum atomic E-state index is -0.177. The van der Waals surface area contributed by atoms with Crippen LogP contribution in [0, 0.1) is 6.92 Å². The number of pyridine rings is 1. The van der Waals surface area contributed by atoms with Gasteiger partial charge in [0.25, 0.3) is 0 Å². The lowest BCUT2D eigenvalue weighted by Gasteiger charge is -2.31. The van der Waals surface area contributed by atoms with Crippen molar-refractivity contribution in [2.24, 2.45) is 5.73 Å². The van der Waals surface area contributed by atoms with E-state index in [9.17, 15) is 0 Å². The summed E-state index contributed by atoms with van der Waals surface area (Å²) >= 11 is 3.52. The largest absolute Gasteiger partial charge is 0.363 e. The van der Waals surface area contributed by atoms with Gasteiger partial charge in [-0.15, -0.1) is 0 Å². The summed E-state index contributed by atoms with van der Waals surface area (Å²) in [4.78, 5) is 4.29. The molecule has 4 heteroatoms. The molecule has 0 radical (unpaired) electrons. The average molecular weight is 272 g/mol. The van der Waals surface area contributed by atoms with Crippen molar-refractivity contribution in [3.8, 4) is 0 Å².